The van der Waals surface area contributed by atoms with Gasteiger partial charge < -0.3 is 16.0 Å². The van der Waals surface area contributed by atoms with Crippen molar-refractivity contribution in [3.8, 4) is 6.07 Å². The van der Waals surface area contributed by atoms with Crippen LogP contribution < -0.4 is 16.0 Å². The molecule has 2 aromatic rings. The molecule has 1 fully saturated rings. The first-order valence-corrected chi connectivity index (χ1v) is 9.44. The maximum Gasteiger partial charge on any atom is 0.247 e. The first-order chi connectivity index (χ1) is 13.6. The fourth-order valence-electron chi connectivity index (χ4n) is 3.31. The lowest BCUT2D eigenvalue weighted by Gasteiger charge is -2.24. The van der Waals surface area contributed by atoms with Gasteiger partial charge in [0.1, 0.15) is 17.5 Å². The molecule has 1 heterocycles. The molecule has 0 unspecified atom stereocenters. The van der Waals surface area contributed by atoms with Gasteiger partial charge >= 0.3 is 0 Å². The van der Waals surface area contributed by atoms with E-state index < -0.39 is 0 Å². The number of para-hydroxylation sites is 1. The minimum absolute atomic E-state index is 0.297. The van der Waals surface area contributed by atoms with Gasteiger partial charge in [0.15, 0.2) is 0 Å². The van der Waals surface area contributed by atoms with Crippen molar-refractivity contribution in [2.24, 2.45) is 0 Å². The molecular formula is C21H24N6O. The zero-order chi connectivity index (χ0) is 19.9. The predicted octanol–water partition coefficient (Wildman–Crippen LogP) is 4.27. The predicted molar refractivity (Wildman–Crippen MR) is 111 cm³/mol. The molecule has 28 heavy (non-hydrogen) atoms. The van der Waals surface area contributed by atoms with Gasteiger partial charge in [-0.2, -0.15) is 10.2 Å². The average molecular weight is 376 g/mol. The number of hydrogen-bond donors (Lipinski definition) is 3. The lowest BCUT2D eigenvalue weighted by atomic mass is 9.95. The maximum atomic E-state index is 11.7. The molecule has 3 rings (SSSR count). The van der Waals surface area contributed by atoms with Gasteiger partial charge in [0.05, 0.1) is 17.6 Å². The standard InChI is InChI=1S/C21H24N6O/c1-3-18(28)25-17-11-7-8-14(2)19(17)26-21-23-13-15(12-22)20(27-21)24-16-9-5-4-6-10-16/h3,7-8,11,13,16H,1,4-6,9-10H2,2H3,(H,25,28)(H2,23,24,26,27). The number of carbonyl (C=O) groups is 1. The van der Waals surface area contributed by atoms with Crippen LogP contribution in [0.2, 0.25) is 0 Å². The quantitative estimate of drug-likeness (QED) is 0.651. The van der Waals surface area contributed by atoms with Crippen molar-refractivity contribution >= 4 is 29.0 Å². The summed E-state index contributed by atoms with van der Waals surface area (Å²) in [6, 6.07) is 8.05. The highest BCUT2D eigenvalue weighted by Crippen LogP contribution is 2.29. The second kappa shape index (κ2) is 9.00. The van der Waals surface area contributed by atoms with Gasteiger partial charge in [-0.15, -0.1) is 0 Å². The van der Waals surface area contributed by atoms with Gasteiger partial charge in [0.25, 0.3) is 0 Å². The molecule has 144 valence electrons. The molecule has 1 aromatic carbocycles. The summed E-state index contributed by atoms with van der Waals surface area (Å²) in [5, 5.41) is 18.8. The van der Waals surface area contributed by atoms with Crippen molar-refractivity contribution in [3.63, 3.8) is 0 Å². The molecule has 1 saturated carbocycles. The first kappa shape index (κ1) is 19.4. The van der Waals surface area contributed by atoms with E-state index in [1.807, 2.05) is 19.1 Å². The Hall–Kier alpha value is -3.40. The third-order valence-electron chi connectivity index (χ3n) is 4.81. The maximum absolute atomic E-state index is 11.7. The minimum Gasteiger partial charge on any atom is -0.366 e. The van der Waals surface area contributed by atoms with Crippen molar-refractivity contribution in [2.75, 3.05) is 16.0 Å². The molecule has 0 bridgehead atoms. The van der Waals surface area contributed by atoms with Gasteiger partial charge in [-0.25, -0.2) is 4.98 Å². The SMILES string of the molecule is C=CC(=O)Nc1cccc(C)c1Nc1ncc(C#N)c(NC2CCCCC2)n1. The van der Waals surface area contributed by atoms with Crippen molar-refractivity contribution in [3.05, 3.63) is 48.2 Å². The van der Waals surface area contributed by atoms with E-state index in [0.717, 1.165) is 18.4 Å². The largest absolute Gasteiger partial charge is 0.366 e. The number of aryl methyl sites for hydroxylation is 1. The summed E-state index contributed by atoms with van der Waals surface area (Å²) < 4.78 is 0. The Morgan fingerprint density at radius 2 is 2.11 bits per heavy atom. The molecule has 1 aliphatic rings. The van der Waals surface area contributed by atoms with E-state index in [9.17, 15) is 10.1 Å². The summed E-state index contributed by atoms with van der Waals surface area (Å²) in [6.07, 6.45) is 8.51. The number of aromatic nitrogens is 2. The lowest BCUT2D eigenvalue weighted by Crippen LogP contribution is -2.23. The number of nitrogens with zero attached hydrogens (tertiary/aromatic N) is 3. The van der Waals surface area contributed by atoms with E-state index in [1.54, 1.807) is 6.07 Å². The van der Waals surface area contributed by atoms with Crippen LogP contribution in [-0.4, -0.2) is 21.9 Å². The third-order valence-corrected chi connectivity index (χ3v) is 4.81. The van der Waals surface area contributed by atoms with Crippen LogP contribution in [0.1, 0.15) is 43.2 Å². The fourth-order valence-corrected chi connectivity index (χ4v) is 3.31. The smallest absolute Gasteiger partial charge is 0.247 e. The Labute approximate surface area is 164 Å². The summed E-state index contributed by atoms with van der Waals surface area (Å²) in [6.45, 7) is 5.41. The number of nitrogens with one attached hydrogen (secondary N) is 3. The van der Waals surface area contributed by atoms with E-state index in [4.69, 9.17) is 0 Å². The van der Waals surface area contributed by atoms with E-state index in [-0.39, 0.29) is 5.91 Å². The normalized spacial score (nSPS) is 14.0. The second-order valence-electron chi connectivity index (χ2n) is 6.86. The number of benzene rings is 1. The topological polar surface area (TPSA) is 103 Å². The number of anilines is 4. The zero-order valence-corrected chi connectivity index (χ0v) is 16.0. The molecular weight excluding hydrogens is 352 g/mol. The highest BCUT2D eigenvalue weighted by molar-refractivity contribution is 6.01. The van der Waals surface area contributed by atoms with Gasteiger partial charge in [-0.1, -0.05) is 38.0 Å². The zero-order valence-electron chi connectivity index (χ0n) is 16.0. The highest BCUT2D eigenvalue weighted by Gasteiger charge is 2.17. The van der Waals surface area contributed by atoms with Crippen LogP contribution in [0, 0.1) is 18.3 Å². The van der Waals surface area contributed by atoms with E-state index in [1.165, 1.54) is 31.5 Å². The van der Waals surface area contributed by atoms with E-state index in [0.29, 0.717) is 34.7 Å². The van der Waals surface area contributed by atoms with Crippen LogP contribution in [0.5, 0.6) is 0 Å². The summed E-state index contributed by atoms with van der Waals surface area (Å²) in [4.78, 5) is 20.5. The minimum atomic E-state index is -0.297. The molecule has 1 aromatic heterocycles. The Morgan fingerprint density at radius 1 is 1.32 bits per heavy atom. The van der Waals surface area contributed by atoms with Crippen LogP contribution in [0.25, 0.3) is 0 Å². The molecule has 0 spiro atoms. The molecule has 1 amide bonds. The molecule has 7 nitrogen and oxygen atoms in total. The fraction of sp³-hybridized carbons (Fsp3) is 0.333. The molecule has 7 heteroatoms. The Kier molecular flexibility index (Phi) is 6.22. The summed E-state index contributed by atoms with van der Waals surface area (Å²) in [5.41, 5.74) is 2.66. The molecule has 0 aliphatic heterocycles. The Balaban J connectivity index is 1.86. The number of hydrogen-bond acceptors (Lipinski definition) is 6. The number of carbonyl (C=O) groups excluding carboxylic acids is 1. The molecule has 0 saturated heterocycles. The summed E-state index contributed by atoms with van der Waals surface area (Å²) in [7, 11) is 0. The first-order valence-electron chi connectivity index (χ1n) is 9.44. The monoisotopic (exact) mass is 376 g/mol. The van der Waals surface area contributed by atoms with Gasteiger partial charge in [-0.3, -0.25) is 4.79 Å². The number of rotatable bonds is 6. The van der Waals surface area contributed by atoms with Gasteiger partial charge in [-0.05, 0) is 37.5 Å². The van der Waals surface area contributed by atoms with Crippen molar-refractivity contribution in [1.82, 2.24) is 9.97 Å². The lowest BCUT2D eigenvalue weighted by molar-refractivity contribution is -0.111. The van der Waals surface area contributed by atoms with Crippen molar-refractivity contribution in [2.45, 2.75) is 45.1 Å². The summed E-state index contributed by atoms with van der Waals surface area (Å²) in [5.74, 6) is 0.604. The van der Waals surface area contributed by atoms with Crippen molar-refractivity contribution in [1.29, 1.82) is 5.26 Å². The van der Waals surface area contributed by atoms with Crippen LogP contribution >= 0.6 is 0 Å². The number of nitriles is 1. The summed E-state index contributed by atoms with van der Waals surface area (Å²) >= 11 is 0. The van der Waals surface area contributed by atoms with Crippen LogP contribution in [-0.2, 0) is 4.79 Å². The Bertz CT molecular complexity index is 912. The highest BCUT2D eigenvalue weighted by atomic mass is 16.1. The Morgan fingerprint density at radius 3 is 2.82 bits per heavy atom. The van der Waals surface area contributed by atoms with Gasteiger partial charge in [0, 0.05) is 6.04 Å². The molecule has 3 N–H and O–H groups in total. The van der Waals surface area contributed by atoms with Crippen LogP contribution in [0.3, 0.4) is 0 Å². The van der Waals surface area contributed by atoms with Crippen LogP contribution in [0.4, 0.5) is 23.1 Å². The van der Waals surface area contributed by atoms with E-state index in [2.05, 4.69) is 38.6 Å². The average Bonchev–Trinajstić information content (AvgIpc) is 2.71. The molecule has 1 aliphatic carbocycles. The second-order valence-corrected chi connectivity index (χ2v) is 6.86. The molecule has 0 radical (unpaired) electrons. The third kappa shape index (κ3) is 4.65. The van der Waals surface area contributed by atoms with Gasteiger partial charge in [0.2, 0.25) is 11.9 Å². The van der Waals surface area contributed by atoms with E-state index >= 15 is 0 Å². The molecule has 0 atom stereocenters. The van der Waals surface area contributed by atoms with Crippen LogP contribution in [0.15, 0.2) is 37.1 Å². The van der Waals surface area contributed by atoms with Crippen molar-refractivity contribution < 1.29 is 4.79 Å². The number of amides is 1.